The molecule has 0 radical (unpaired) electrons. The average Bonchev–Trinajstić information content (AvgIpc) is 2.52. The molecule has 0 spiro atoms. The van der Waals surface area contributed by atoms with Gasteiger partial charge in [0, 0.05) is 18.8 Å². The third kappa shape index (κ3) is 0.917. The highest BCUT2D eigenvalue weighted by molar-refractivity contribution is 5.15. The maximum absolute atomic E-state index is 4.08. The molecule has 1 saturated heterocycles. The molecule has 0 aromatic rings. The molecule has 0 bridgehead atoms. The van der Waals surface area contributed by atoms with Gasteiger partial charge < -0.3 is 4.90 Å². The predicted octanol–water partition coefficient (Wildman–Crippen LogP) is 2.50. The third-order valence-corrected chi connectivity index (χ3v) is 3.98. The lowest BCUT2D eigenvalue weighted by Gasteiger charge is -2.25. The van der Waals surface area contributed by atoms with Crippen molar-refractivity contribution < 1.29 is 0 Å². The molecule has 68 valence electrons. The van der Waals surface area contributed by atoms with Crippen molar-refractivity contribution in [3.05, 3.63) is 12.3 Å². The van der Waals surface area contributed by atoms with Gasteiger partial charge in [-0.25, -0.2) is 0 Å². The van der Waals surface area contributed by atoms with Gasteiger partial charge in [0.15, 0.2) is 0 Å². The molecule has 1 nitrogen and oxygen atoms in total. The van der Waals surface area contributed by atoms with Gasteiger partial charge >= 0.3 is 0 Å². The van der Waals surface area contributed by atoms with Gasteiger partial charge in [-0.15, -0.1) is 0 Å². The average molecular weight is 165 g/mol. The quantitative estimate of drug-likeness (QED) is 0.607. The topological polar surface area (TPSA) is 3.24 Å². The lowest BCUT2D eigenvalue weighted by molar-refractivity contribution is 0.308. The van der Waals surface area contributed by atoms with Crippen LogP contribution in [0.25, 0.3) is 0 Å². The van der Waals surface area contributed by atoms with Crippen LogP contribution in [0.4, 0.5) is 0 Å². The summed E-state index contributed by atoms with van der Waals surface area (Å²) in [7, 11) is 0. The summed E-state index contributed by atoms with van der Waals surface area (Å²) < 4.78 is 0. The Kier molecular flexibility index (Phi) is 1.54. The van der Waals surface area contributed by atoms with Crippen LogP contribution in [-0.2, 0) is 0 Å². The highest BCUT2D eigenvalue weighted by atomic mass is 15.2. The fourth-order valence-electron chi connectivity index (χ4n) is 2.61. The largest absolute Gasteiger partial charge is 0.375 e. The first-order valence-electron chi connectivity index (χ1n) is 5.00. The van der Waals surface area contributed by atoms with Crippen molar-refractivity contribution in [2.24, 2.45) is 17.3 Å². The summed E-state index contributed by atoms with van der Waals surface area (Å²) in [5.74, 6) is 1.92. The molecule has 2 rings (SSSR count). The van der Waals surface area contributed by atoms with E-state index in [0.717, 1.165) is 18.3 Å². The van der Waals surface area contributed by atoms with Gasteiger partial charge in [0.1, 0.15) is 0 Å². The highest BCUT2D eigenvalue weighted by Crippen LogP contribution is 2.62. The summed E-state index contributed by atoms with van der Waals surface area (Å²) in [6.45, 7) is 13.6. The number of hydrogen-bond acceptors (Lipinski definition) is 1. The molecule has 1 heterocycles. The maximum Gasteiger partial charge on any atom is 0.0212 e. The lowest BCUT2D eigenvalue weighted by Crippen LogP contribution is -2.25. The lowest BCUT2D eigenvalue weighted by atomic mass is 10.1. The zero-order valence-electron chi connectivity index (χ0n) is 8.43. The summed E-state index contributed by atoms with van der Waals surface area (Å²) in [5, 5.41) is 0. The van der Waals surface area contributed by atoms with E-state index in [9.17, 15) is 0 Å². The Hall–Kier alpha value is -0.460. The molecule has 2 fully saturated rings. The molecular weight excluding hydrogens is 146 g/mol. The van der Waals surface area contributed by atoms with E-state index in [1.807, 2.05) is 0 Å². The molecule has 0 amide bonds. The van der Waals surface area contributed by atoms with Gasteiger partial charge in [-0.2, -0.15) is 0 Å². The molecular formula is C11H19N. The van der Waals surface area contributed by atoms with Gasteiger partial charge in [0.05, 0.1) is 0 Å². The Morgan fingerprint density at radius 3 is 2.33 bits per heavy atom. The molecule has 0 aromatic carbocycles. The molecule has 0 N–H and O–H groups in total. The first-order chi connectivity index (χ1) is 5.57. The molecule has 1 aliphatic heterocycles. The van der Waals surface area contributed by atoms with E-state index < -0.39 is 0 Å². The molecule has 0 aromatic heterocycles. The number of piperidine rings is 1. The van der Waals surface area contributed by atoms with E-state index in [4.69, 9.17) is 0 Å². The maximum atomic E-state index is 4.08. The number of likely N-dealkylation sites (tertiary alicyclic amines) is 1. The summed E-state index contributed by atoms with van der Waals surface area (Å²) in [5.41, 5.74) is 1.97. The van der Waals surface area contributed by atoms with Crippen LogP contribution in [0, 0.1) is 17.3 Å². The van der Waals surface area contributed by atoms with Crippen LogP contribution < -0.4 is 0 Å². The van der Waals surface area contributed by atoms with Gasteiger partial charge in [-0.1, -0.05) is 27.4 Å². The van der Waals surface area contributed by atoms with Gasteiger partial charge in [0.2, 0.25) is 0 Å². The minimum Gasteiger partial charge on any atom is -0.375 e. The van der Waals surface area contributed by atoms with E-state index in [1.165, 1.54) is 18.8 Å². The number of nitrogens with zero attached hydrogens (tertiary/aromatic N) is 1. The molecule has 2 aliphatic rings. The summed E-state index contributed by atoms with van der Waals surface area (Å²) in [6.07, 6.45) is 1.11. The number of hydrogen-bond donors (Lipinski definition) is 0. The zero-order valence-corrected chi connectivity index (χ0v) is 8.43. The molecule has 2 atom stereocenters. The summed E-state index contributed by atoms with van der Waals surface area (Å²) >= 11 is 0. The molecule has 12 heavy (non-hydrogen) atoms. The monoisotopic (exact) mass is 165 g/mol. The second-order valence-electron chi connectivity index (χ2n) is 4.86. The zero-order chi connectivity index (χ0) is 8.93. The number of allylic oxidation sites excluding steroid dienone is 1. The molecule has 1 aliphatic carbocycles. The van der Waals surface area contributed by atoms with Crippen LogP contribution >= 0.6 is 0 Å². The Morgan fingerprint density at radius 2 is 1.92 bits per heavy atom. The van der Waals surface area contributed by atoms with E-state index in [0.29, 0.717) is 5.41 Å². The normalized spacial score (nSPS) is 36.4. The molecule has 1 unspecified atom stereocenters. The molecule has 1 saturated carbocycles. The SMILES string of the molecule is C=C(CC)N1CC2[C@H](C1)C2(C)C. The van der Waals surface area contributed by atoms with Gasteiger partial charge in [-0.3, -0.25) is 0 Å². The van der Waals surface area contributed by atoms with Gasteiger partial charge in [-0.05, 0) is 23.7 Å². The fraction of sp³-hybridized carbons (Fsp3) is 0.818. The number of fused-ring (bicyclic) bond motifs is 1. The molecule has 1 heteroatoms. The standard InChI is InChI=1S/C11H19N/c1-5-8(2)12-6-9-10(7-12)11(9,3)4/h9-10H,2,5-7H2,1,3-4H3/t9-,10?/m0/s1. The Balaban J connectivity index is 1.94. The third-order valence-electron chi connectivity index (χ3n) is 3.98. The van der Waals surface area contributed by atoms with Crippen molar-refractivity contribution in [2.45, 2.75) is 27.2 Å². The second kappa shape index (κ2) is 2.27. The van der Waals surface area contributed by atoms with Crippen molar-refractivity contribution in [3.8, 4) is 0 Å². The van der Waals surface area contributed by atoms with E-state index in [1.54, 1.807) is 0 Å². The van der Waals surface area contributed by atoms with Crippen LogP contribution in [0.5, 0.6) is 0 Å². The minimum atomic E-state index is 0.643. The Morgan fingerprint density at radius 1 is 1.42 bits per heavy atom. The van der Waals surface area contributed by atoms with Crippen molar-refractivity contribution in [1.82, 2.24) is 4.90 Å². The first-order valence-corrected chi connectivity index (χ1v) is 5.00. The summed E-state index contributed by atoms with van der Waals surface area (Å²) in [4.78, 5) is 2.47. The van der Waals surface area contributed by atoms with Crippen molar-refractivity contribution >= 4 is 0 Å². The van der Waals surface area contributed by atoms with Crippen molar-refractivity contribution in [1.29, 1.82) is 0 Å². The van der Waals surface area contributed by atoms with Crippen LogP contribution in [0.3, 0.4) is 0 Å². The van der Waals surface area contributed by atoms with E-state index >= 15 is 0 Å². The minimum absolute atomic E-state index is 0.643. The van der Waals surface area contributed by atoms with E-state index in [-0.39, 0.29) is 0 Å². The number of rotatable bonds is 2. The van der Waals surface area contributed by atoms with Crippen molar-refractivity contribution in [2.75, 3.05) is 13.1 Å². The predicted molar refractivity (Wildman–Crippen MR) is 51.8 cm³/mol. The van der Waals surface area contributed by atoms with Crippen LogP contribution in [0.2, 0.25) is 0 Å². The smallest absolute Gasteiger partial charge is 0.0212 e. The van der Waals surface area contributed by atoms with Crippen LogP contribution in [0.15, 0.2) is 12.3 Å². The van der Waals surface area contributed by atoms with Crippen molar-refractivity contribution in [3.63, 3.8) is 0 Å². The fourth-order valence-corrected chi connectivity index (χ4v) is 2.61. The second-order valence-corrected chi connectivity index (χ2v) is 4.86. The summed E-state index contributed by atoms with van der Waals surface area (Å²) in [6, 6.07) is 0. The van der Waals surface area contributed by atoms with E-state index in [2.05, 4.69) is 32.3 Å². The van der Waals surface area contributed by atoms with Crippen LogP contribution in [0.1, 0.15) is 27.2 Å². The Bertz CT molecular complexity index is 203. The first kappa shape index (κ1) is 8.15. The van der Waals surface area contributed by atoms with Gasteiger partial charge in [0.25, 0.3) is 0 Å². The van der Waals surface area contributed by atoms with Crippen LogP contribution in [-0.4, -0.2) is 18.0 Å². The Labute approximate surface area is 75.4 Å². The highest BCUT2D eigenvalue weighted by Gasteiger charge is 2.61.